The number of anilines is 3. The number of likely N-dealkylation sites (tertiary alicyclic amines) is 1. The molecule has 4 aromatic carbocycles. The lowest BCUT2D eigenvalue weighted by molar-refractivity contribution is -0.384. The van der Waals surface area contributed by atoms with Gasteiger partial charge in [-0.15, -0.1) is 0 Å². The largest absolute Gasteiger partial charge is 0.456 e. The Morgan fingerprint density at radius 2 is 1.69 bits per heavy atom. The molecule has 1 aliphatic carbocycles. The normalized spacial score (nSPS) is 19.7. The van der Waals surface area contributed by atoms with E-state index in [-0.39, 0.29) is 40.8 Å². The van der Waals surface area contributed by atoms with Gasteiger partial charge < -0.3 is 29.9 Å². The number of allylic oxidation sites excluding steroid dienone is 1. The van der Waals surface area contributed by atoms with Crippen molar-refractivity contribution in [3.63, 3.8) is 0 Å². The number of piperidine rings is 1. The third-order valence-corrected chi connectivity index (χ3v) is 15.6. The average molecular weight is 953 g/mol. The molecule has 0 bridgehead atoms. The zero-order chi connectivity index (χ0) is 46.9. The van der Waals surface area contributed by atoms with Crippen molar-refractivity contribution in [2.45, 2.75) is 82.2 Å². The summed E-state index contributed by atoms with van der Waals surface area (Å²) in [7, 11) is -4.60. The maximum atomic E-state index is 14.1. The van der Waals surface area contributed by atoms with Crippen molar-refractivity contribution in [2.75, 3.05) is 74.6 Å². The Morgan fingerprint density at radius 1 is 0.940 bits per heavy atom. The minimum absolute atomic E-state index is 0.0250. The first-order valence-corrected chi connectivity index (χ1v) is 25.2. The van der Waals surface area contributed by atoms with Crippen molar-refractivity contribution in [1.29, 1.82) is 0 Å². The molecule has 0 radical (unpaired) electrons. The average Bonchev–Trinajstić information content (AvgIpc) is 3.71. The third-order valence-electron chi connectivity index (χ3n) is 14.0. The van der Waals surface area contributed by atoms with Gasteiger partial charge in [0.1, 0.15) is 17.2 Å². The van der Waals surface area contributed by atoms with E-state index < -0.39 is 31.4 Å². The number of benzene rings is 4. The highest BCUT2D eigenvalue weighted by atomic mass is 35.5. The van der Waals surface area contributed by atoms with Crippen LogP contribution in [0, 0.1) is 15.5 Å². The fourth-order valence-corrected chi connectivity index (χ4v) is 11.3. The molecule has 3 saturated heterocycles. The second kappa shape index (κ2) is 19.6. The zero-order valence-corrected chi connectivity index (χ0v) is 39.6. The Labute approximate surface area is 397 Å². The molecule has 0 aromatic heterocycles. The van der Waals surface area contributed by atoms with E-state index in [1.54, 1.807) is 30.3 Å². The van der Waals surface area contributed by atoms with E-state index >= 15 is 0 Å². The van der Waals surface area contributed by atoms with Gasteiger partial charge in [-0.1, -0.05) is 49.2 Å². The number of rotatable bonds is 13. The summed E-state index contributed by atoms with van der Waals surface area (Å²) in [4.78, 5) is 44.9. The first-order valence-electron chi connectivity index (χ1n) is 23.3. The molecule has 15 nitrogen and oxygen atoms in total. The number of piperazine rings is 1. The van der Waals surface area contributed by atoms with Gasteiger partial charge in [0.15, 0.2) is 0 Å². The summed E-state index contributed by atoms with van der Waals surface area (Å²) in [6, 6.07) is 22.5. The molecule has 3 N–H and O–H groups in total. The predicted molar refractivity (Wildman–Crippen MR) is 260 cm³/mol. The van der Waals surface area contributed by atoms with Crippen LogP contribution in [0.4, 0.5) is 22.7 Å². The molecule has 0 saturated carbocycles. The first-order chi connectivity index (χ1) is 32.2. The summed E-state index contributed by atoms with van der Waals surface area (Å²) in [5.74, 6) is -0.727. The minimum atomic E-state index is -4.60. The van der Waals surface area contributed by atoms with Crippen molar-refractivity contribution >= 4 is 61.8 Å². The van der Waals surface area contributed by atoms with Gasteiger partial charge in [0.05, 0.1) is 21.8 Å². The molecular weight excluding hydrogens is 894 g/mol. The minimum Gasteiger partial charge on any atom is -0.456 e. The van der Waals surface area contributed by atoms with Crippen LogP contribution < -0.4 is 25.0 Å². The summed E-state index contributed by atoms with van der Waals surface area (Å²) in [6.45, 7) is 11.7. The van der Waals surface area contributed by atoms with Gasteiger partial charge in [-0.25, -0.2) is 13.1 Å². The zero-order valence-electron chi connectivity index (χ0n) is 38.0. The van der Waals surface area contributed by atoms with Crippen molar-refractivity contribution in [3.05, 3.63) is 116 Å². The molecule has 0 unspecified atom stereocenters. The highest BCUT2D eigenvalue weighted by molar-refractivity contribution is 7.90. The SMILES string of the molecule is CC1(C)CCC(CN2CCN(c3ccc(C(=O)NS(=O)(=O)c4ccc(NC5CCN(C6CCOCC6)CC5)c([N+](=O)[O-])c4)c(Oc4cccc5c4CC(=O)N5)c3)CC2)=C(c2ccc(Cl)cc2)C1. The molecular formula is C50H58ClN7O8S. The van der Waals surface area contributed by atoms with E-state index in [0.717, 1.165) is 108 Å². The van der Waals surface area contributed by atoms with Gasteiger partial charge in [-0.3, -0.25) is 24.6 Å². The molecule has 3 fully saturated rings. The second-order valence-electron chi connectivity index (χ2n) is 19.2. The number of nitrogens with zero attached hydrogens (tertiary/aromatic N) is 4. The van der Waals surface area contributed by atoms with Crippen LogP contribution >= 0.6 is 11.6 Å². The number of sulfonamides is 1. The van der Waals surface area contributed by atoms with E-state index in [1.807, 2.05) is 12.1 Å². The molecule has 0 spiro atoms. The summed E-state index contributed by atoms with van der Waals surface area (Å²) < 4.78 is 41.9. The van der Waals surface area contributed by atoms with Crippen LogP contribution in [0.25, 0.3) is 5.57 Å². The van der Waals surface area contributed by atoms with Crippen molar-refractivity contribution in [1.82, 2.24) is 14.5 Å². The highest BCUT2D eigenvalue weighted by Crippen LogP contribution is 2.44. The van der Waals surface area contributed by atoms with Crippen LogP contribution in [0.5, 0.6) is 11.5 Å². The molecule has 67 heavy (non-hydrogen) atoms. The molecule has 9 rings (SSSR count). The van der Waals surface area contributed by atoms with Crippen LogP contribution in [0.3, 0.4) is 0 Å². The lowest BCUT2D eigenvalue weighted by Crippen LogP contribution is -2.47. The van der Waals surface area contributed by atoms with Gasteiger partial charge >= 0.3 is 0 Å². The Kier molecular flexibility index (Phi) is 13.6. The molecule has 5 aliphatic rings. The predicted octanol–water partition coefficient (Wildman–Crippen LogP) is 8.50. The van der Waals surface area contributed by atoms with Crippen molar-refractivity contribution in [2.24, 2.45) is 5.41 Å². The Bertz CT molecular complexity index is 2670. The van der Waals surface area contributed by atoms with E-state index in [0.29, 0.717) is 36.1 Å². The van der Waals surface area contributed by atoms with Gasteiger partial charge in [0.25, 0.3) is 21.6 Å². The maximum Gasteiger partial charge on any atom is 0.293 e. The van der Waals surface area contributed by atoms with Crippen molar-refractivity contribution in [3.8, 4) is 11.5 Å². The lowest BCUT2D eigenvalue weighted by Gasteiger charge is -2.39. The number of carbonyl (C=O) groups excluding carboxylic acids is 2. The lowest BCUT2D eigenvalue weighted by atomic mass is 9.72. The number of halogens is 1. The smallest absolute Gasteiger partial charge is 0.293 e. The van der Waals surface area contributed by atoms with Crippen LogP contribution in [-0.2, 0) is 26.0 Å². The van der Waals surface area contributed by atoms with Crippen LogP contribution in [0.2, 0.25) is 5.02 Å². The van der Waals surface area contributed by atoms with Crippen LogP contribution in [0.15, 0.2) is 89.3 Å². The molecule has 4 heterocycles. The number of nitro benzene ring substituents is 1. The number of amides is 2. The van der Waals surface area contributed by atoms with E-state index in [9.17, 15) is 28.1 Å². The molecule has 354 valence electrons. The number of hydrogen-bond donors (Lipinski definition) is 3. The highest BCUT2D eigenvalue weighted by Gasteiger charge is 2.32. The van der Waals surface area contributed by atoms with E-state index in [4.69, 9.17) is 21.1 Å². The first kappa shape index (κ1) is 46.6. The number of fused-ring (bicyclic) bond motifs is 1. The van der Waals surface area contributed by atoms with Gasteiger partial charge in [-0.05, 0) is 110 Å². The van der Waals surface area contributed by atoms with Crippen LogP contribution in [-0.4, -0.2) is 106 Å². The number of hydrogen-bond acceptors (Lipinski definition) is 12. The maximum absolute atomic E-state index is 14.1. The molecule has 0 atom stereocenters. The molecule has 4 aromatic rings. The van der Waals surface area contributed by atoms with Crippen molar-refractivity contribution < 1.29 is 32.4 Å². The Balaban J connectivity index is 0.915. The number of nitro groups is 1. The monoisotopic (exact) mass is 951 g/mol. The summed E-state index contributed by atoms with van der Waals surface area (Å²) in [5, 5.41) is 19.2. The summed E-state index contributed by atoms with van der Waals surface area (Å²) in [5.41, 5.74) is 6.03. The molecule has 2 amide bonds. The second-order valence-corrected chi connectivity index (χ2v) is 21.3. The fourth-order valence-electron chi connectivity index (χ4n) is 10.2. The molecule has 4 aliphatic heterocycles. The van der Waals surface area contributed by atoms with Gasteiger partial charge in [-0.2, -0.15) is 0 Å². The number of carbonyl (C=O) groups is 2. The number of nitrogens with one attached hydrogen (secondary N) is 3. The summed E-state index contributed by atoms with van der Waals surface area (Å²) in [6.07, 6.45) is 6.80. The Morgan fingerprint density at radius 3 is 2.42 bits per heavy atom. The van der Waals surface area contributed by atoms with Gasteiger partial charge in [0, 0.05) is 105 Å². The molecule has 17 heteroatoms. The third kappa shape index (κ3) is 10.8. The quantitative estimate of drug-likeness (QED) is 0.0863. The van der Waals surface area contributed by atoms with Gasteiger partial charge in [0.2, 0.25) is 5.91 Å². The van der Waals surface area contributed by atoms with Crippen LogP contribution in [0.1, 0.15) is 80.3 Å². The van der Waals surface area contributed by atoms with E-state index in [2.05, 4.69) is 56.0 Å². The number of ether oxygens (including phenoxy) is 2. The Hall–Kier alpha value is -5.52. The topological polar surface area (TPSA) is 176 Å². The fraction of sp³-hybridized carbons (Fsp3) is 0.440. The standard InChI is InChI=1S/C50H58ClN7O8S/c1-50(2)19-14-34(42(31-50)33-6-8-35(51)9-7-33)32-55-22-24-57(25-23-55)38-10-12-40(47(28-38)66-46-5-3-4-43-41(46)30-48(59)53-43)49(60)54-67(63,64)39-11-13-44(45(29-39)58(61)62)52-36-15-20-56(21-16-36)37-17-26-65-27-18-37/h3-13,28-29,36-37,52H,14-27,30-32H2,1-2H3,(H,53,59)(H,54,60). The summed E-state index contributed by atoms with van der Waals surface area (Å²) >= 11 is 6.25. The van der Waals surface area contributed by atoms with E-state index in [1.165, 1.54) is 34.9 Å².